The molecular formula is C12H11Cl2N3O. The first-order valence-electron chi connectivity index (χ1n) is 5.28. The molecule has 0 saturated heterocycles. The maximum atomic E-state index is 6.03. The second-order valence-corrected chi connectivity index (χ2v) is 4.32. The van der Waals surface area contributed by atoms with Gasteiger partial charge in [0.2, 0.25) is 5.88 Å². The van der Waals surface area contributed by atoms with Crippen molar-refractivity contribution in [2.24, 2.45) is 0 Å². The zero-order chi connectivity index (χ0) is 13.0. The molecule has 1 aromatic carbocycles. The van der Waals surface area contributed by atoms with E-state index in [4.69, 9.17) is 27.9 Å². The second kappa shape index (κ2) is 6.00. The van der Waals surface area contributed by atoms with E-state index in [2.05, 4.69) is 15.3 Å². The normalized spacial score (nSPS) is 10.4. The quantitative estimate of drug-likeness (QED) is 0.935. The summed E-state index contributed by atoms with van der Waals surface area (Å²) in [5, 5.41) is 3.79. The van der Waals surface area contributed by atoms with Gasteiger partial charge in [-0.1, -0.05) is 29.3 Å². The molecule has 0 atom stereocenters. The molecule has 0 saturated carbocycles. The fourth-order valence-corrected chi connectivity index (χ4v) is 1.71. The lowest BCUT2D eigenvalue weighted by Crippen LogP contribution is -2.07. The van der Waals surface area contributed by atoms with Gasteiger partial charge in [-0.2, -0.15) is 0 Å². The molecule has 2 rings (SSSR count). The number of halogens is 2. The zero-order valence-electron chi connectivity index (χ0n) is 9.65. The molecule has 0 radical (unpaired) electrons. The van der Waals surface area contributed by atoms with Crippen molar-refractivity contribution in [3.05, 3.63) is 46.3 Å². The van der Waals surface area contributed by atoms with E-state index in [1.807, 2.05) is 7.05 Å². The SMILES string of the molecule is CNCc1cncc(Oc2cccc(Cl)c2Cl)n1. The topological polar surface area (TPSA) is 47.0 Å². The highest BCUT2D eigenvalue weighted by molar-refractivity contribution is 6.42. The molecule has 2 aromatic rings. The summed E-state index contributed by atoms with van der Waals surface area (Å²) in [6.07, 6.45) is 3.19. The molecule has 4 nitrogen and oxygen atoms in total. The monoisotopic (exact) mass is 283 g/mol. The van der Waals surface area contributed by atoms with Crippen LogP contribution in [0.4, 0.5) is 0 Å². The van der Waals surface area contributed by atoms with Crippen LogP contribution in [0.25, 0.3) is 0 Å². The molecule has 0 bridgehead atoms. The predicted molar refractivity (Wildman–Crippen MR) is 71.3 cm³/mol. The van der Waals surface area contributed by atoms with Crippen LogP contribution in [0.5, 0.6) is 11.6 Å². The summed E-state index contributed by atoms with van der Waals surface area (Å²) >= 11 is 11.9. The third-order valence-corrected chi connectivity index (χ3v) is 2.95. The van der Waals surface area contributed by atoms with Gasteiger partial charge in [-0.25, -0.2) is 4.98 Å². The average Bonchev–Trinajstić information content (AvgIpc) is 2.36. The van der Waals surface area contributed by atoms with Crippen molar-refractivity contribution in [1.82, 2.24) is 15.3 Å². The van der Waals surface area contributed by atoms with Gasteiger partial charge in [0.1, 0.15) is 10.8 Å². The summed E-state index contributed by atoms with van der Waals surface area (Å²) in [6.45, 7) is 0.619. The van der Waals surface area contributed by atoms with Crippen LogP contribution in [0.2, 0.25) is 10.0 Å². The lowest BCUT2D eigenvalue weighted by atomic mass is 10.3. The summed E-state index contributed by atoms with van der Waals surface area (Å²) < 4.78 is 5.56. The molecule has 0 aliphatic carbocycles. The Labute approximate surface area is 115 Å². The third kappa shape index (κ3) is 3.10. The van der Waals surface area contributed by atoms with E-state index in [-0.39, 0.29) is 0 Å². The number of nitrogens with one attached hydrogen (secondary N) is 1. The van der Waals surface area contributed by atoms with E-state index in [9.17, 15) is 0 Å². The van der Waals surface area contributed by atoms with Gasteiger partial charge >= 0.3 is 0 Å². The molecule has 18 heavy (non-hydrogen) atoms. The maximum Gasteiger partial charge on any atom is 0.238 e. The van der Waals surface area contributed by atoms with Crippen molar-refractivity contribution >= 4 is 23.2 Å². The molecular weight excluding hydrogens is 273 g/mol. The van der Waals surface area contributed by atoms with Gasteiger partial charge in [0, 0.05) is 12.7 Å². The van der Waals surface area contributed by atoms with Gasteiger partial charge in [-0.15, -0.1) is 0 Å². The second-order valence-electron chi connectivity index (χ2n) is 3.53. The molecule has 0 fully saturated rings. The molecule has 94 valence electrons. The van der Waals surface area contributed by atoms with Gasteiger partial charge in [-0.3, -0.25) is 4.98 Å². The molecule has 0 amide bonds. The molecule has 0 aliphatic heterocycles. The van der Waals surface area contributed by atoms with Gasteiger partial charge in [0.25, 0.3) is 0 Å². The summed E-state index contributed by atoms with van der Waals surface area (Å²) in [4.78, 5) is 8.33. The van der Waals surface area contributed by atoms with Gasteiger partial charge in [0.15, 0.2) is 0 Å². The molecule has 0 spiro atoms. The van der Waals surface area contributed by atoms with Crippen LogP contribution in [0.3, 0.4) is 0 Å². The Morgan fingerprint density at radius 2 is 2.11 bits per heavy atom. The summed E-state index contributed by atoms with van der Waals surface area (Å²) in [5.74, 6) is 0.840. The third-order valence-electron chi connectivity index (χ3n) is 2.15. The first-order chi connectivity index (χ1) is 8.70. The van der Waals surface area contributed by atoms with Crippen LogP contribution in [-0.2, 0) is 6.54 Å². The van der Waals surface area contributed by atoms with E-state index < -0.39 is 0 Å². The highest BCUT2D eigenvalue weighted by Crippen LogP contribution is 2.33. The summed E-state index contributed by atoms with van der Waals surface area (Å²) in [6, 6.07) is 5.18. The highest BCUT2D eigenvalue weighted by Gasteiger charge is 2.08. The maximum absolute atomic E-state index is 6.03. The van der Waals surface area contributed by atoms with E-state index in [1.165, 1.54) is 6.20 Å². The van der Waals surface area contributed by atoms with Crippen LogP contribution in [-0.4, -0.2) is 17.0 Å². The predicted octanol–water partition coefficient (Wildman–Crippen LogP) is 3.30. The number of nitrogens with zero attached hydrogens (tertiary/aromatic N) is 2. The number of benzene rings is 1. The first-order valence-corrected chi connectivity index (χ1v) is 6.03. The Hall–Kier alpha value is -1.36. The van der Waals surface area contributed by atoms with Crippen molar-refractivity contribution in [3.8, 4) is 11.6 Å². The Bertz CT molecular complexity index is 549. The van der Waals surface area contributed by atoms with Gasteiger partial charge in [-0.05, 0) is 19.2 Å². The van der Waals surface area contributed by atoms with Crippen LogP contribution in [0.1, 0.15) is 5.69 Å². The van der Waals surface area contributed by atoms with Crippen molar-refractivity contribution in [2.75, 3.05) is 7.05 Å². The van der Waals surface area contributed by atoms with Gasteiger partial charge < -0.3 is 10.1 Å². The van der Waals surface area contributed by atoms with Crippen molar-refractivity contribution in [1.29, 1.82) is 0 Å². The van der Waals surface area contributed by atoms with Crippen LogP contribution in [0, 0.1) is 0 Å². The molecule has 1 N–H and O–H groups in total. The number of hydrogen-bond donors (Lipinski definition) is 1. The van der Waals surface area contributed by atoms with Crippen LogP contribution in [0.15, 0.2) is 30.6 Å². The minimum atomic E-state index is 0.361. The number of rotatable bonds is 4. The van der Waals surface area contributed by atoms with E-state index in [0.717, 1.165) is 5.69 Å². The molecule has 6 heteroatoms. The lowest BCUT2D eigenvalue weighted by molar-refractivity contribution is 0.457. The summed E-state index contributed by atoms with van der Waals surface area (Å²) in [7, 11) is 1.84. The van der Waals surface area contributed by atoms with Crippen molar-refractivity contribution < 1.29 is 4.74 Å². The Morgan fingerprint density at radius 1 is 1.28 bits per heavy atom. The molecule has 0 unspecified atom stereocenters. The largest absolute Gasteiger partial charge is 0.436 e. The Morgan fingerprint density at radius 3 is 2.89 bits per heavy atom. The number of hydrogen-bond acceptors (Lipinski definition) is 4. The smallest absolute Gasteiger partial charge is 0.238 e. The van der Waals surface area contributed by atoms with Crippen molar-refractivity contribution in [2.45, 2.75) is 6.54 Å². The standard InChI is InChI=1S/C12H11Cl2N3O/c1-15-5-8-6-16-7-11(17-8)18-10-4-2-3-9(13)12(10)14/h2-4,6-7,15H,5H2,1H3. The first kappa shape index (κ1) is 13.1. The minimum Gasteiger partial charge on any atom is -0.436 e. The Kier molecular flexibility index (Phi) is 4.36. The van der Waals surface area contributed by atoms with E-state index in [0.29, 0.717) is 28.2 Å². The number of aromatic nitrogens is 2. The van der Waals surface area contributed by atoms with Crippen LogP contribution < -0.4 is 10.1 Å². The van der Waals surface area contributed by atoms with E-state index >= 15 is 0 Å². The lowest BCUT2D eigenvalue weighted by Gasteiger charge is -2.08. The van der Waals surface area contributed by atoms with Gasteiger partial charge in [0.05, 0.1) is 16.9 Å². The fraction of sp³-hybridized carbons (Fsp3) is 0.167. The van der Waals surface area contributed by atoms with Crippen molar-refractivity contribution in [3.63, 3.8) is 0 Å². The van der Waals surface area contributed by atoms with E-state index in [1.54, 1.807) is 24.4 Å². The Balaban J connectivity index is 2.23. The highest BCUT2D eigenvalue weighted by atomic mass is 35.5. The molecule has 0 aliphatic rings. The zero-order valence-corrected chi connectivity index (χ0v) is 11.2. The molecule has 1 heterocycles. The fourth-order valence-electron chi connectivity index (χ4n) is 1.38. The summed E-state index contributed by atoms with van der Waals surface area (Å²) in [5.41, 5.74) is 0.785. The minimum absolute atomic E-state index is 0.361. The number of ether oxygens (including phenoxy) is 1. The van der Waals surface area contributed by atoms with Crippen LogP contribution >= 0.6 is 23.2 Å². The molecule has 1 aromatic heterocycles. The average molecular weight is 284 g/mol.